The number of aryl methyl sites for hydroxylation is 1. The van der Waals surface area contributed by atoms with Crippen molar-refractivity contribution in [1.29, 1.82) is 0 Å². The number of ether oxygens (including phenoxy) is 2. The molecule has 1 aromatic heterocycles. The van der Waals surface area contributed by atoms with Crippen LogP contribution in [0, 0.1) is 0 Å². The summed E-state index contributed by atoms with van der Waals surface area (Å²) >= 11 is 6.55. The molecule has 0 unspecified atom stereocenters. The lowest BCUT2D eigenvalue weighted by Crippen LogP contribution is -2.16. The molecule has 2 aromatic rings. The van der Waals surface area contributed by atoms with Crippen molar-refractivity contribution in [2.75, 3.05) is 18.9 Å². The van der Waals surface area contributed by atoms with Crippen molar-refractivity contribution < 1.29 is 9.47 Å². The summed E-state index contributed by atoms with van der Waals surface area (Å²) in [5, 5.41) is 5.05. The molecular weight excluding hydrogens is 290 g/mol. The highest BCUT2D eigenvalue weighted by Gasteiger charge is 2.25. The quantitative estimate of drug-likeness (QED) is 0.925. The van der Waals surface area contributed by atoms with Gasteiger partial charge in [0.1, 0.15) is 19.0 Å². The van der Waals surface area contributed by atoms with Crippen LogP contribution in [0.1, 0.15) is 25.3 Å². The van der Waals surface area contributed by atoms with Crippen LogP contribution in [0.5, 0.6) is 11.5 Å². The minimum atomic E-state index is 0.228. The summed E-state index contributed by atoms with van der Waals surface area (Å²) in [6.45, 7) is 5.22. The molecule has 0 aliphatic carbocycles. The van der Waals surface area contributed by atoms with E-state index in [1.165, 1.54) is 0 Å². The normalized spacial score (nSPS) is 13.8. The molecule has 112 valence electrons. The number of nitrogens with zero attached hydrogens (tertiary/aromatic N) is 2. The minimum Gasteiger partial charge on any atom is -0.486 e. The Kier molecular flexibility index (Phi) is 3.45. The van der Waals surface area contributed by atoms with Gasteiger partial charge in [-0.1, -0.05) is 25.4 Å². The van der Waals surface area contributed by atoms with Crippen LogP contribution >= 0.6 is 11.6 Å². The van der Waals surface area contributed by atoms with Crippen LogP contribution in [0.3, 0.4) is 0 Å². The van der Waals surface area contributed by atoms with Gasteiger partial charge in [0.2, 0.25) is 0 Å². The standard InChI is InChI=1S/C15H18ClN3O2/c1-8(2)13-9(10-7-12(17)19(3)18-10)6-11-15(14(13)16)21-5-4-20-11/h6-8H,4-5,17H2,1-3H3. The van der Waals surface area contributed by atoms with E-state index in [1.54, 1.807) is 4.68 Å². The van der Waals surface area contributed by atoms with E-state index < -0.39 is 0 Å². The van der Waals surface area contributed by atoms with Crippen molar-refractivity contribution in [3.63, 3.8) is 0 Å². The van der Waals surface area contributed by atoms with Gasteiger partial charge in [0, 0.05) is 18.7 Å². The van der Waals surface area contributed by atoms with Crippen LogP contribution < -0.4 is 15.2 Å². The highest BCUT2D eigenvalue weighted by Crippen LogP contribution is 2.46. The van der Waals surface area contributed by atoms with Gasteiger partial charge in [-0.25, -0.2) is 0 Å². The monoisotopic (exact) mass is 307 g/mol. The SMILES string of the molecule is CC(C)c1c(-c2cc(N)n(C)n2)cc2c(c1Cl)OCCO2. The second-order valence-corrected chi connectivity index (χ2v) is 5.79. The lowest BCUT2D eigenvalue weighted by atomic mass is 9.94. The first-order valence-corrected chi connectivity index (χ1v) is 7.28. The van der Waals surface area contributed by atoms with Crippen LogP contribution in [0.4, 0.5) is 5.82 Å². The fraction of sp³-hybridized carbons (Fsp3) is 0.400. The fourth-order valence-corrected chi connectivity index (χ4v) is 3.02. The molecule has 2 N–H and O–H groups in total. The van der Waals surface area contributed by atoms with Crippen LogP contribution in [0.25, 0.3) is 11.3 Å². The lowest BCUT2D eigenvalue weighted by Gasteiger charge is -2.24. The number of hydrogen-bond donors (Lipinski definition) is 1. The highest BCUT2D eigenvalue weighted by molar-refractivity contribution is 6.33. The Balaban J connectivity index is 2.25. The van der Waals surface area contributed by atoms with Crippen molar-refractivity contribution in [2.24, 2.45) is 7.05 Å². The van der Waals surface area contributed by atoms with E-state index >= 15 is 0 Å². The molecule has 0 spiro atoms. The first kappa shape index (κ1) is 14.1. The highest BCUT2D eigenvalue weighted by atomic mass is 35.5. The van der Waals surface area contributed by atoms with Gasteiger partial charge in [0.25, 0.3) is 0 Å². The third-order valence-corrected chi connectivity index (χ3v) is 3.96. The van der Waals surface area contributed by atoms with E-state index in [9.17, 15) is 0 Å². The molecule has 2 heterocycles. The van der Waals surface area contributed by atoms with Crippen molar-refractivity contribution >= 4 is 17.4 Å². The molecule has 0 fully saturated rings. The smallest absolute Gasteiger partial charge is 0.180 e. The van der Waals surface area contributed by atoms with Gasteiger partial charge in [0.05, 0.1) is 10.7 Å². The molecule has 0 saturated carbocycles. The molecule has 0 atom stereocenters. The summed E-state index contributed by atoms with van der Waals surface area (Å²) in [6, 6.07) is 3.78. The summed E-state index contributed by atoms with van der Waals surface area (Å²) in [4.78, 5) is 0. The predicted octanol–water partition coefficient (Wildman–Crippen LogP) is 3.22. The number of anilines is 1. The number of fused-ring (bicyclic) bond motifs is 1. The third kappa shape index (κ3) is 2.31. The molecule has 0 saturated heterocycles. The Labute approximate surface area is 128 Å². The number of halogens is 1. The number of nitrogens with two attached hydrogens (primary N) is 1. The van der Waals surface area contributed by atoms with Gasteiger partial charge < -0.3 is 15.2 Å². The summed E-state index contributed by atoms with van der Waals surface area (Å²) in [7, 11) is 1.81. The van der Waals surface area contributed by atoms with Crippen molar-refractivity contribution in [3.8, 4) is 22.8 Å². The van der Waals surface area contributed by atoms with Gasteiger partial charge >= 0.3 is 0 Å². The van der Waals surface area contributed by atoms with Crippen molar-refractivity contribution in [1.82, 2.24) is 9.78 Å². The molecule has 3 rings (SSSR count). The number of hydrogen-bond acceptors (Lipinski definition) is 4. The molecule has 1 aliphatic heterocycles. The molecule has 0 amide bonds. The van der Waals surface area contributed by atoms with Gasteiger partial charge in [0.15, 0.2) is 11.5 Å². The van der Waals surface area contributed by atoms with Crippen LogP contribution in [0.15, 0.2) is 12.1 Å². The van der Waals surface area contributed by atoms with E-state index in [0.29, 0.717) is 35.6 Å². The Hall–Kier alpha value is -1.88. The first-order chi connectivity index (χ1) is 9.99. The zero-order valence-corrected chi connectivity index (χ0v) is 13.1. The van der Waals surface area contributed by atoms with E-state index in [4.69, 9.17) is 26.8 Å². The molecule has 21 heavy (non-hydrogen) atoms. The maximum absolute atomic E-state index is 6.55. The number of benzene rings is 1. The van der Waals surface area contributed by atoms with Crippen LogP contribution in [-0.2, 0) is 7.05 Å². The van der Waals surface area contributed by atoms with E-state index in [-0.39, 0.29) is 5.92 Å². The van der Waals surface area contributed by atoms with E-state index in [1.807, 2.05) is 19.2 Å². The van der Waals surface area contributed by atoms with Crippen LogP contribution in [-0.4, -0.2) is 23.0 Å². The van der Waals surface area contributed by atoms with Gasteiger partial charge in [-0.3, -0.25) is 4.68 Å². The summed E-state index contributed by atoms with van der Waals surface area (Å²) in [5.41, 5.74) is 8.62. The van der Waals surface area contributed by atoms with E-state index in [2.05, 4.69) is 18.9 Å². The molecule has 1 aliphatic rings. The number of aromatic nitrogens is 2. The van der Waals surface area contributed by atoms with Crippen molar-refractivity contribution in [3.05, 3.63) is 22.7 Å². The van der Waals surface area contributed by atoms with E-state index in [0.717, 1.165) is 16.8 Å². The van der Waals surface area contributed by atoms with Gasteiger partial charge in [-0.15, -0.1) is 0 Å². The van der Waals surface area contributed by atoms with Gasteiger partial charge in [-0.05, 0) is 17.5 Å². The number of nitrogen functional groups attached to an aromatic ring is 1. The zero-order valence-electron chi connectivity index (χ0n) is 12.3. The molecule has 6 heteroatoms. The fourth-order valence-electron chi connectivity index (χ4n) is 2.55. The largest absolute Gasteiger partial charge is 0.486 e. The third-order valence-electron chi connectivity index (χ3n) is 3.58. The Morgan fingerprint density at radius 3 is 2.62 bits per heavy atom. The summed E-state index contributed by atoms with van der Waals surface area (Å²) < 4.78 is 13.0. The summed E-state index contributed by atoms with van der Waals surface area (Å²) in [5.74, 6) is 2.12. The maximum Gasteiger partial charge on any atom is 0.180 e. The average molecular weight is 308 g/mol. The second-order valence-electron chi connectivity index (χ2n) is 5.41. The Morgan fingerprint density at radius 2 is 2.00 bits per heavy atom. The topological polar surface area (TPSA) is 62.3 Å². The molecule has 0 bridgehead atoms. The number of rotatable bonds is 2. The Bertz CT molecular complexity index is 675. The van der Waals surface area contributed by atoms with Crippen LogP contribution in [0.2, 0.25) is 5.02 Å². The predicted molar refractivity (Wildman–Crippen MR) is 83.1 cm³/mol. The lowest BCUT2D eigenvalue weighted by molar-refractivity contribution is 0.171. The Morgan fingerprint density at radius 1 is 1.29 bits per heavy atom. The first-order valence-electron chi connectivity index (χ1n) is 6.91. The molecular formula is C15H18ClN3O2. The second kappa shape index (κ2) is 5.15. The zero-order chi connectivity index (χ0) is 15.1. The molecule has 0 radical (unpaired) electrons. The minimum absolute atomic E-state index is 0.228. The summed E-state index contributed by atoms with van der Waals surface area (Å²) in [6.07, 6.45) is 0. The van der Waals surface area contributed by atoms with Gasteiger partial charge in [-0.2, -0.15) is 5.10 Å². The molecule has 1 aromatic carbocycles. The molecule has 5 nitrogen and oxygen atoms in total. The van der Waals surface area contributed by atoms with Crippen molar-refractivity contribution in [2.45, 2.75) is 19.8 Å². The maximum atomic E-state index is 6.55. The average Bonchev–Trinajstić information content (AvgIpc) is 2.78.